The SMILES string of the molecule is CCOC(=O)ON=C(C(=O)NC1C(=O)N2C(C(=O)OCOC(=O)C(C)(C)C)=C(COc3cccc(C#N)c3)CS[C@@H]12)c1csc(N)n1.O=C(O)C(F)(F)F. The molecule has 54 heavy (non-hydrogen) atoms. The molecular formula is C31H31F3N6O12S2. The number of ether oxygens (including phenoxy) is 4. The summed E-state index contributed by atoms with van der Waals surface area (Å²) in [5.74, 6) is -5.36. The molecule has 0 radical (unpaired) electrons. The average molecular weight is 801 g/mol. The first-order valence-electron chi connectivity index (χ1n) is 15.2. The maximum absolute atomic E-state index is 13.5. The molecule has 2 aliphatic rings. The highest BCUT2D eigenvalue weighted by Crippen LogP contribution is 2.41. The number of nitrogens with zero attached hydrogens (tertiary/aromatic N) is 4. The van der Waals surface area contributed by atoms with Crippen molar-refractivity contribution in [2.75, 3.05) is 31.5 Å². The highest BCUT2D eigenvalue weighted by molar-refractivity contribution is 8.00. The van der Waals surface area contributed by atoms with Gasteiger partial charge in [-0.1, -0.05) is 11.2 Å². The molecular weight excluding hydrogens is 769 g/mol. The first kappa shape index (κ1) is 42.5. The van der Waals surface area contributed by atoms with Gasteiger partial charge in [0, 0.05) is 16.7 Å². The van der Waals surface area contributed by atoms with Crippen LogP contribution in [0.25, 0.3) is 0 Å². The number of hydrogen-bond donors (Lipinski definition) is 3. The van der Waals surface area contributed by atoms with E-state index in [-0.39, 0.29) is 35.5 Å². The van der Waals surface area contributed by atoms with Crippen LogP contribution in [0.15, 0.2) is 46.1 Å². The van der Waals surface area contributed by atoms with Gasteiger partial charge in [0.1, 0.15) is 35.2 Å². The number of carboxylic acid groups (broad SMARTS) is 1. The van der Waals surface area contributed by atoms with Crippen molar-refractivity contribution in [1.29, 1.82) is 5.26 Å². The van der Waals surface area contributed by atoms with Gasteiger partial charge in [-0.3, -0.25) is 24.1 Å². The molecule has 2 amide bonds. The molecule has 0 aliphatic carbocycles. The fourth-order valence-corrected chi connectivity index (χ4v) is 5.94. The minimum atomic E-state index is -5.08. The number of esters is 2. The maximum atomic E-state index is 13.5. The van der Waals surface area contributed by atoms with E-state index in [0.717, 1.165) is 16.2 Å². The number of hydrogen-bond acceptors (Lipinski definition) is 17. The predicted octanol–water partition coefficient (Wildman–Crippen LogP) is 2.93. The van der Waals surface area contributed by atoms with Crippen LogP contribution in [0.1, 0.15) is 39.0 Å². The maximum Gasteiger partial charge on any atom is 0.535 e. The van der Waals surface area contributed by atoms with Crippen molar-refractivity contribution in [1.82, 2.24) is 15.2 Å². The van der Waals surface area contributed by atoms with E-state index in [0.29, 0.717) is 16.9 Å². The molecule has 1 saturated heterocycles. The second kappa shape index (κ2) is 18.2. The summed E-state index contributed by atoms with van der Waals surface area (Å²) in [6, 6.07) is 7.27. The number of alkyl halides is 3. The van der Waals surface area contributed by atoms with Gasteiger partial charge < -0.3 is 35.1 Å². The number of carbonyl (C=O) groups excluding carboxylic acids is 5. The van der Waals surface area contributed by atoms with Crippen molar-refractivity contribution in [2.45, 2.75) is 45.3 Å². The molecule has 2 atom stereocenters. The highest BCUT2D eigenvalue weighted by atomic mass is 32.2. The number of halogens is 3. The Morgan fingerprint density at radius 1 is 1.17 bits per heavy atom. The summed E-state index contributed by atoms with van der Waals surface area (Å²) in [4.78, 5) is 82.7. The van der Waals surface area contributed by atoms with E-state index in [1.165, 1.54) is 23.2 Å². The normalized spacial score (nSPS) is 16.7. The van der Waals surface area contributed by atoms with E-state index in [4.69, 9.17) is 29.8 Å². The fourth-order valence-electron chi connectivity index (χ4n) is 4.07. The number of rotatable bonds is 11. The Morgan fingerprint density at radius 2 is 1.85 bits per heavy atom. The van der Waals surface area contributed by atoms with Gasteiger partial charge in [-0.05, 0) is 45.9 Å². The lowest BCUT2D eigenvalue weighted by molar-refractivity contribution is -0.192. The molecule has 1 fully saturated rings. The molecule has 0 bridgehead atoms. The summed E-state index contributed by atoms with van der Waals surface area (Å²) in [5.41, 5.74) is 5.00. The molecule has 2 aromatic rings. The second-order valence-electron chi connectivity index (χ2n) is 11.6. The third kappa shape index (κ3) is 11.3. The first-order valence-corrected chi connectivity index (χ1v) is 17.1. The van der Waals surface area contributed by atoms with Gasteiger partial charge in [0.05, 0.1) is 23.7 Å². The Kier molecular flexibility index (Phi) is 14.4. The molecule has 0 spiro atoms. The lowest BCUT2D eigenvalue weighted by Crippen LogP contribution is -2.71. The number of benzene rings is 1. The number of aliphatic carboxylic acids is 1. The number of β-lactam (4-membered cyclic amide) rings is 1. The summed E-state index contributed by atoms with van der Waals surface area (Å²) in [6.07, 6.45) is -6.25. The Balaban J connectivity index is 0.00000102. The Bertz CT molecular complexity index is 1890. The Labute approximate surface area is 312 Å². The van der Waals surface area contributed by atoms with E-state index in [9.17, 15) is 42.4 Å². The van der Waals surface area contributed by atoms with E-state index >= 15 is 0 Å². The number of thiazole rings is 1. The number of carbonyl (C=O) groups is 6. The summed E-state index contributed by atoms with van der Waals surface area (Å²) >= 11 is 2.24. The van der Waals surface area contributed by atoms with Crippen LogP contribution in [0.5, 0.6) is 5.75 Å². The zero-order chi connectivity index (χ0) is 40.4. The average Bonchev–Trinajstić information content (AvgIpc) is 3.54. The van der Waals surface area contributed by atoms with Crippen molar-refractivity contribution >= 4 is 69.8 Å². The number of aromatic nitrogens is 1. The number of anilines is 1. The van der Waals surface area contributed by atoms with Crippen molar-refractivity contribution in [3.8, 4) is 11.8 Å². The smallest absolute Gasteiger partial charge is 0.489 e. The van der Waals surface area contributed by atoms with Crippen LogP contribution in [-0.4, -0.2) is 99.9 Å². The number of amides is 2. The van der Waals surface area contributed by atoms with Gasteiger partial charge in [0.15, 0.2) is 10.8 Å². The van der Waals surface area contributed by atoms with Gasteiger partial charge in [0.2, 0.25) is 6.79 Å². The van der Waals surface area contributed by atoms with Gasteiger partial charge >= 0.3 is 30.2 Å². The van der Waals surface area contributed by atoms with Crippen LogP contribution in [0.3, 0.4) is 0 Å². The quantitative estimate of drug-likeness (QED) is 0.0737. The summed E-state index contributed by atoms with van der Waals surface area (Å²) in [6.45, 7) is 5.61. The van der Waals surface area contributed by atoms with Gasteiger partial charge in [0.25, 0.3) is 11.8 Å². The Morgan fingerprint density at radius 3 is 2.43 bits per heavy atom. The number of nitrogens with two attached hydrogens (primary N) is 1. The molecule has 4 N–H and O–H groups in total. The topological polar surface area (TPSA) is 259 Å². The van der Waals surface area contributed by atoms with Gasteiger partial charge in [-0.2, -0.15) is 18.4 Å². The predicted molar refractivity (Wildman–Crippen MR) is 180 cm³/mol. The molecule has 290 valence electrons. The number of nitriles is 1. The summed E-state index contributed by atoms with van der Waals surface area (Å²) < 4.78 is 52.5. The van der Waals surface area contributed by atoms with Crippen LogP contribution in [0.2, 0.25) is 0 Å². The zero-order valence-corrected chi connectivity index (χ0v) is 30.3. The molecule has 2 aliphatic heterocycles. The molecule has 4 rings (SSSR count). The van der Waals surface area contributed by atoms with E-state index in [1.807, 2.05) is 6.07 Å². The second-order valence-corrected chi connectivity index (χ2v) is 13.6. The third-order valence-corrected chi connectivity index (χ3v) is 8.61. The number of fused-ring (bicyclic) bond motifs is 1. The standard InChI is InChI=1S/C29H30N6O10S2.C2HF3O2/c1-5-41-28(40)45-34-19(18-13-47-27(31)32-18)22(36)33-20-23(37)35-21(25(38)43-14-44-26(39)29(2,3)4)16(12-46-24(20)35)11-42-17-8-6-7-15(9-17)10-30;3-2(4,5)1(6)7/h6-9,13,20,24H,5,11-12,14H2,1-4H3,(H2,31,32)(H,33,36);(H,6,7)/t20?,24-;/m0./s1. The van der Waals surface area contributed by atoms with Crippen molar-refractivity contribution < 1.29 is 70.8 Å². The first-order chi connectivity index (χ1) is 25.3. The van der Waals surface area contributed by atoms with Crippen molar-refractivity contribution in [3.05, 3.63) is 52.2 Å². The molecule has 3 heterocycles. The van der Waals surface area contributed by atoms with Gasteiger partial charge in [-0.25, -0.2) is 19.4 Å². The van der Waals surface area contributed by atoms with E-state index in [1.54, 1.807) is 45.9 Å². The van der Waals surface area contributed by atoms with Crippen LogP contribution in [-0.2, 0) is 43.0 Å². The number of nitrogens with one attached hydrogen (secondary N) is 1. The lowest BCUT2D eigenvalue weighted by atomic mass is 9.98. The van der Waals surface area contributed by atoms with Crippen LogP contribution >= 0.6 is 23.1 Å². The molecule has 1 aromatic heterocycles. The fraction of sp³-hybridized carbons (Fsp3) is 0.387. The number of oxime groups is 1. The minimum absolute atomic E-state index is 0.00142. The Hall–Kier alpha value is -5.89. The number of carboxylic acids is 1. The van der Waals surface area contributed by atoms with Crippen LogP contribution in [0, 0.1) is 16.7 Å². The molecule has 1 unspecified atom stereocenters. The van der Waals surface area contributed by atoms with E-state index in [2.05, 4.69) is 25.0 Å². The zero-order valence-electron chi connectivity index (χ0n) is 28.6. The number of thioether (sulfide) groups is 1. The largest absolute Gasteiger partial charge is 0.535 e. The third-order valence-electron chi connectivity index (χ3n) is 6.59. The van der Waals surface area contributed by atoms with Crippen LogP contribution in [0.4, 0.5) is 23.1 Å². The lowest BCUT2D eigenvalue weighted by Gasteiger charge is -2.49. The summed E-state index contributed by atoms with van der Waals surface area (Å²) in [7, 11) is 0. The monoisotopic (exact) mass is 800 g/mol. The molecule has 18 nitrogen and oxygen atoms in total. The minimum Gasteiger partial charge on any atom is -0.489 e. The highest BCUT2D eigenvalue weighted by Gasteiger charge is 2.55. The molecule has 0 saturated carbocycles. The summed E-state index contributed by atoms with van der Waals surface area (Å²) in [5, 5.41) is 23.2. The van der Waals surface area contributed by atoms with Gasteiger partial charge in [-0.15, -0.1) is 23.1 Å². The van der Waals surface area contributed by atoms with Crippen LogP contribution < -0.4 is 15.8 Å². The molecule has 1 aromatic carbocycles. The number of nitrogen functional groups attached to an aromatic ring is 1. The van der Waals surface area contributed by atoms with E-state index < -0.39 is 71.4 Å². The van der Waals surface area contributed by atoms with Crippen molar-refractivity contribution in [2.24, 2.45) is 10.6 Å². The van der Waals surface area contributed by atoms with Crippen molar-refractivity contribution in [3.63, 3.8) is 0 Å². The molecule has 23 heteroatoms.